The van der Waals surface area contributed by atoms with Crippen molar-refractivity contribution in [3.05, 3.63) is 30.1 Å². The van der Waals surface area contributed by atoms with Crippen LogP contribution in [0.4, 0.5) is 10.1 Å². The van der Waals surface area contributed by atoms with E-state index in [1.165, 1.54) is 12.1 Å². The van der Waals surface area contributed by atoms with Gasteiger partial charge in [0.2, 0.25) is 0 Å². The van der Waals surface area contributed by atoms with Crippen LogP contribution in [0, 0.1) is 5.82 Å². The number of aliphatic hydroxyl groups excluding tert-OH is 1. The van der Waals surface area contributed by atoms with Crippen molar-refractivity contribution in [1.82, 2.24) is 4.90 Å². The van der Waals surface area contributed by atoms with Crippen LogP contribution in [-0.2, 0) is 9.47 Å². The molecule has 2 aliphatic rings. The molecule has 5 nitrogen and oxygen atoms in total. The summed E-state index contributed by atoms with van der Waals surface area (Å²) in [6.07, 6.45) is 1.90. The number of halogens is 1. The first kappa shape index (κ1) is 17.6. The molecule has 0 radical (unpaired) electrons. The zero-order valence-electron chi connectivity index (χ0n) is 14.1. The van der Waals surface area contributed by atoms with E-state index in [4.69, 9.17) is 9.47 Å². The van der Waals surface area contributed by atoms with Crippen molar-refractivity contribution >= 4 is 5.69 Å². The van der Waals surface area contributed by atoms with Crippen molar-refractivity contribution in [1.29, 1.82) is 0 Å². The minimum atomic E-state index is -0.469. The quantitative estimate of drug-likeness (QED) is 0.816. The fourth-order valence-corrected chi connectivity index (χ4v) is 3.30. The number of hydrogen-bond donors (Lipinski definition) is 1. The van der Waals surface area contributed by atoms with Crippen molar-refractivity contribution in [2.75, 3.05) is 57.4 Å². The lowest BCUT2D eigenvalue weighted by Gasteiger charge is -2.36. The van der Waals surface area contributed by atoms with Gasteiger partial charge in [0.05, 0.1) is 25.4 Å². The molecule has 0 amide bonds. The van der Waals surface area contributed by atoms with Gasteiger partial charge in [-0.15, -0.1) is 0 Å². The molecule has 2 atom stereocenters. The molecule has 6 heteroatoms. The van der Waals surface area contributed by atoms with Crippen molar-refractivity contribution < 1.29 is 19.0 Å². The van der Waals surface area contributed by atoms with E-state index in [0.717, 1.165) is 51.3 Å². The Morgan fingerprint density at radius 1 is 1.21 bits per heavy atom. The SMILES string of the molecule is O[C@@H](COC[C@@H]1CCCO1)CN1CCN(c2ccc(F)cc2)CC1. The Hall–Kier alpha value is -1.21. The third-order valence-electron chi connectivity index (χ3n) is 4.67. The molecule has 2 saturated heterocycles. The van der Waals surface area contributed by atoms with Crippen molar-refractivity contribution in [3.63, 3.8) is 0 Å². The summed E-state index contributed by atoms with van der Waals surface area (Å²) < 4.78 is 24.1. The van der Waals surface area contributed by atoms with Crippen LogP contribution in [0.1, 0.15) is 12.8 Å². The predicted molar refractivity (Wildman–Crippen MR) is 90.9 cm³/mol. The summed E-state index contributed by atoms with van der Waals surface area (Å²) in [4.78, 5) is 4.50. The number of benzene rings is 1. The lowest BCUT2D eigenvalue weighted by molar-refractivity contribution is -0.0254. The van der Waals surface area contributed by atoms with Gasteiger partial charge >= 0.3 is 0 Å². The molecule has 1 aromatic rings. The molecular formula is C18H27FN2O3. The highest BCUT2D eigenvalue weighted by Crippen LogP contribution is 2.17. The Morgan fingerprint density at radius 3 is 2.62 bits per heavy atom. The molecule has 3 rings (SSSR count). The van der Waals surface area contributed by atoms with Crippen LogP contribution < -0.4 is 4.90 Å². The number of anilines is 1. The van der Waals surface area contributed by atoms with Crippen molar-refractivity contribution in [2.24, 2.45) is 0 Å². The average molecular weight is 338 g/mol. The Kier molecular flexibility index (Phi) is 6.43. The van der Waals surface area contributed by atoms with E-state index >= 15 is 0 Å². The molecule has 1 N–H and O–H groups in total. The van der Waals surface area contributed by atoms with Gasteiger partial charge in [0.15, 0.2) is 0 Å². The van der Waals surface area contributed by atoms with E-state index in [0.29, 0.717) is 19.8 Å². The van der Waals surface area contributed by atoms with E-state index in [1.807, 2.05) is 12.1 Å². The highest BCUT2D eigenvalue weighted by atomic mass is 19.1. The fraction of sp³-hybridized carbons (Fsp3) is 0.667. The molecule has 2 aliphatic heterocycles. The highest BCUT2D eigenvalue weighted by Gasteiger charge is 2.20. The number of hydrogen-bond acceptors (Lipinski definition) is 5. The maximum absolute atomic E-state index is 13.0. The number of β-amino-alcohol motifs (C(OH)–C–C–N with tert-alkyl or cyclic N) is 1. The first-order valence-electron chi connectivity index (χ1n) is 8.81. The minimum Gasteiger partial charge on any atom is -0.389 e. The van der Waals surface area contributed by atoms with E-state index in [9.17, 15) is 9.50 Å². The van der Waals surface area contributed by atoms with E-state index in [2.05, 4.69) is 9.80 Å². The zero-order chi connectivity index (χ0) is 16.8. The number of piperazine rings is 1. The van der Waals surface area contributed by atoms with Crippen LogP contribution in [0.3, 0.4) is 0 Å². The summed E-state index contributed by atoms with van der Waals surface area (Å²) >= 11 is 0. The molecule has 24 heavy (non-hydrogen) atoms. The summed E-state index contributed by atoms with van der Waals surface area (Å²) in [5, 5.41) is 10.1. The van der Waals surface area contributed by atoms with Gasteiger partial charge in [0.25, 0.3) is 0 Å². The Balaban J connectivity index is 1.33. The standard InChI is InChI=1S/C18H27FN2O3/c19-15-3-5-16(6-4-15)21-9-7-20(8-10-21)12-17(22)13-23-14-18-2-1-11-24-18/h3-6,17-18,22H,1-2,7-14H2/t17-,18+/m1/s1. The van der Waals surface area contributed by atoms with Gasteiger partial charge in [0.1, 0.15) is 5.82 Å². The van der Waals surface area contributed by atoms with Crippen LogP contribution in [0.15, 0.2) is 24.3 Å². The second kappa shape index (κ2) is 8.76. The molecule has 134 valence electrons. The summed E-state index contributed by atoms with van der Waals surface area (Å²) in [5.41, 5.74) is 1.05. The third-order valence-corrected chi connectivity index (χ3v) is 4.67. The molecule has 2 fully saturated rings. The number of nitrogens with zero attached hydrogens (tertiary/aromatic N) is 2. The second-order valence-electron chi connectivity index (χ2n) is 6.59. The lowest BCUT2D eigenvalue weighted by atomic mass is 10.2. The topological polar surface area (TPSA) is 45.2 Å². The molecular weight excluding hydrogens is 311 g/mol. The van der Waals surface area contributed by atoms with Gasteiger partial charge < -0.3 is 19.5 Å². The lowest BCUT2D eigenvalue weighted by Crippen LogP contribution is -2.49. The smallest absolute Gasteiger partial charge is 0.123 e. The second-order valence-corrected chi connectivity index (χ2v) is 6.59. The number of ether oxygens (including phenoxy) is 2. The van der Waals surface area contributed by atoms with E-state index in [1.54, 1.807) is 0 Å². The highest BCUT2D eigenvalue weighted by molar-refractivity contribution is 5.46. The monoisotopic (exact) mass is 338 g/mol. The van der Waals surface area contributed by atoms with Crippen molar-refractivity contribution in [2.45, 2.75) is 25.0 Å². The van der Waals surface area contributed by atoms with Gasteiger partial charge in [-0.3, -0.25) is 4.90 Å². The predicted octanol–water partition coefficient (Wildman–Crippen LogP) is 1.50. The van der Waals surface area contributed by atoms with Gasteiger partial charge in [-0.1, -0.05) is 0 Å². The van der Waals surface area contributed by atoms with E-state index in [-0.39, 0.29) is 11.9 Å². The first-order valence-corrected chi connectivity index (χ1v) is 8.81. The van der Waals surface area contributed by atoms with Crippen LogP contribution in [0.5, 0.6) is 0 Å². The van der Waals surface area contributed by atoms with Crippen LogP contribution >= 0.6 is 0 Å². The molecule has 2 heterocycles. The maximum Gasteiger partial charge on any atom is 0.123 e. The fourth-order valence-electron chi connectivity index (χ4n) is 3.30. The summed E-state index contributed by atoms with van der Waals surface area (Å²) in [6.45, 7) is 5.94. The third kappa shape index (κ3) is 5.14. The normalized spacial score (nSPS) is 23.6. The van der Waals surface area contributed by atoms with Gasteiger partial charge in [0, 0.05) is 45.0 Å². The van der Waals surface area contributed by atoms with Crippen molar-refractivity contribution in [3.8, 4) is 0 Å². The maximum atomic E-state index is 13.0. The molecule has 0 bridgehead atoms. The van der Waals surface area contributed by atoms with Gasteiger partial charge in [-0.05, 0) is 37.1 Å². The van der Waals surface area contributed by atoms with Gasteiger partial charge in [-0.25, -0.2) is 4.39 Å². The Labute approximate surface area is 143 Å². The first-order chi connectivity index (χ1) is 11.7. The largest absolute Gasteiger partial charge is 0.389 e. The molecule has 0 spiro atoms. The molecule has 0 aromatic heterocycles. The number of rotatable bonds is 7. The van der Waals surface area contributed by atoms with Crippen LogP contribution in [0.2, 0.25) is 0 Å². The van der Waals surface area contributed by atoms with Crippen LogP contribution in [0.25, 0.3) is 0 Å². The van der Waals surface area contributed by atoms with E-state index < -0.39 is 6.10 Å². The molecule has 0 aliphatic carbocycles. The molecule has 1 aromatic carbocycles. The number of aliphatic hydroxyl groups is 1. The Bertz CT molecular complexity index is 486. The minimum absolute atomic E-state index is 0.205. The molecule has 0 saturated carbocycles. The summed E-state index contributed by atoms with van der Waals surface area (Å²) in [7, 11) is 0. The zero-order valence-corrected chi connectivity index (χ0v) is 14.1. The molecule has 0 unspecified atom stereocenters. The van der Waals surface area contributed by atoms with Gasteiger partial charge in [-0.2, -0.15) is 0 Å². The summed E-state index contributed by atoms with van der Waals surface area (Å²) in [5.74, 6) is -0.205. The summed E-state index contributed by atoms with van der Waals surface area (Å²) in [6, 6.07) is 6.63. The van der Waals surface area contributed by atoms with Crippen LogP contribution in [-0.4, -0.2) is 74.8 Å². The average Bonchev–Trinajstić information content (AvgIpc) is 3.10. The Morgan fingerprint density at radius 2 is 1.96 bits per heavy atom.